The Bertz CT molecular complexity index is 986. The molecule has 3 aromatic rings. The highest BCUT2D eigenvalue weighted by Crippen LogP contribution is 2.47. The first kappa shape index (κ1) is 19.4. The van der Waals surface area contributed by atoms with E-state index in [4.69, 9.17) is 0 Å². The highest BCUT2D eigenvalue weighted by Gasteiger charge is 2.29. The summed E-state index contributed by atoms with van der Waals surface area (Å²) in [6, 6.07) is 27.0. The highest BCUT2D eigenvalue weighted by molar-refractivity contribution is 7.99. The van der Waals surface area contributed by atoms with E-state index in [2.05, 4.69) is 52.3 Å². The van der Waals surface area contributed by atoms with E-state index in [0.29, 0.717) is 6.54 Å². The first-order chi connectivity index (χ1) is 14.8. The second-order valence-electron chi connectivity index (χ2n) is 7.80. The van der Waals surface area contributed by atoms with E-state index in [-0.39, 0.29) is 5.91 Å². The Morgan fingerprint density at radius 2 is 1.23 bits per heavy atom. The Hall–Kier alpha value is -2.60. The third-order valence-electron chi connectivity index (χ3n) is 5.75. The van der Waals surface area contributed by atoms with Gasteiger partial charge in [-0.25, -0.2) is 0 Å². The number of para-hydroxylation sites is 2. The molecule has 3 aromatic carbocycles. The average molecular weight is 416 g/mol. The smallest absolute Gasteiger partial charge is 0.245 e. The molecule has 0 N–H and O–H groups in total. The molecule has 1 saturated heterocycles. The summed E-state index contributed by atoms with van der Waals surface area (Å²) in [6.45, 7) is 5.25. The number of hydrogen-bond donors (Lipinski definition) is 0. The number of nitrogens with zero attached hydrogens (tertiary/aromatic N) is 3. The van der Waals surface area contributed by atoms with Crippen molar-refractivity contribution in [3.8, 4) is 0 Å². The van der Waals surface area contributed by atoms with Crippen LogP contribution in [0.25, 0.3) is 0 Å². The van der Waals surface area contributed by atoms with Gasteiger partial charge in [0.05, 0.1) is 17.9 Å². The Balaban J connectivity index is 1.26. The molecule has 2 aliphatic heterocycles. The number of rotatable bonds is 4. The molecule has 0 unspecified atom stereocenters. The van der Waals surface area contributed by atoms with Crippen molar-refractivity contribution < 1.29 is 4.79 Å². The summed E-state index contributed by atoms with van der Waals surface area (Å²) < 4.78 is 0. The SMILES string of the molecule is O=C(CN1CCN(Cc2ccccc2)CC1)N1c2ccccc2Sc2ccccc21. The number of piperazine rings is 1. The Labute approximate surface area is 182 Å². The van der Waals surface area contributed by atoms with Crippen molar-refractivity contribution >= 4 is 29.0 Å². The summed E-state index contributed by atoms with van der Waals surface area (Å²) in [5.41, 5.74) is 3.34. The van der Waals surface area contributed by atoms with Crippen molar-refractivity contribution in [1.29, 1.82) is 0 Å². The molecule has 0 aromatic heterocycles. The first-order valence-corrected chi connectivity index (χ1v) is 11.3. The van der Waals surface area contributed by atoms with Gasteiger partial charge in [-0.1, -0.05) is 66.4 Å². The van der Waals surface area contributed by atoms with Crippen molar-refractivity contribution in [3.63, 3.8) is 0 Å². The summed E-state index contributed by atoms with van der Waals surface area (Å²) in [7, 11) is 0. The van der Waals surface area contributed by atoms with Crippen molar-refractivity contribution in [2.24, 2.45) is 0 Å². The molecular weight excluding hydrogens is 390 g/mol. The molecular formula is C25H25N3OS. The molecule has 2 aliphatic rings. The quantitative estimate of drug-likeness (QED) is 0.621. The molecule has 0 bridgehead atoms. The molecule has 30 heavy (non-hydrogen) atoms. The van der Waals surface area contributed by atoms with Gasteiger partial charge in [-0.05, 0) is 29.8 Å². The van der Waals surface area contributed by atoms with Crippen molar-refractivity contribution in [2.75, 3.05) is 37.6 Å². The van der Waals surface area contributed by atoms with Gasteiger partial charge < -0.3 is 0 Å². The second-order valence-corrected chi connectivity index (χ2v) is 8.89. The number of amides is 1. The van der Waals surface area contributed by atoms with Crippen LogP contribution in [0.5, 0.6) is 0 Å². The van der Waals surface area contributed by atoms with Crippen LogP contribution in [0.2, 0.25) is 0 Å². The number of carbonyl (C=O) groups excluding carboxylic acids is 1. The summed E-state index contributed by atoms with van der Waals surface area (Å²) in [5.74, 6) is 0.145. The first-order valence-electron chi connectivity index (χ1n) is 10.5. The highest BCUT2D eigenvalue weighted by atomic mass is 32.2. The second kappa shape index (κ2) is 8.64. The summed E-state index contributed by atoms with van der Waals surface area (Å²) in [4.78, 5) is 22.4. The topological polar surface area (TPSA) is 26.8 Å². The molecule has 5 heteroatoms. The minimum Gasteiger partial charge on any atom is -0.297 e. The predicted octanol–water partition coefficient (Wildman–Crippen LogP) is 4.63. The monoisotopic (exact) mass is 415 g/mol. The van der Waals surface area contributed by atoms with E-state index in [1.165, 1.54) is 5.56 Å². The fraction of sp³-hybridized carbons (Fsp3) is 0.240. The summed E-state index contributed by atoms with van der Waals surface area (Å²) in [5, 5.41) is 0. The van der Waals surface area contributed by atoms with Crippen LogP contribution in [0.1, 0.15) is 5.56 Å². The van der Waals surface area contributed by atoms with Crippen LogP contribution < -0.4 is 4.90 Å². The third kappa shape index (κ3) is 4.01. The lowest BCUT2D eigenvalue weighted by molar-refractivity contribution is -0.119. The van der Waals surface area contributed by atoms with Crippen LogP contribution in [-0.4, -0.2) is 48.4 Å². The lowest BCUT2D eigenvalue weighted by Gasteiger charge is -2.36. The normalized spacial score (nSPS) is 16.7. The Morgan fingerprint density at radius 3 is 1.87 bits per heavy atom. The van der Waals surface area contributed by atoms with Gasteiger partial charge in [0, 0.05) is 42.5 Å². The zero-order valence-electron chi connectivity index (χ0n) is 16.9. The summed E-state index contributed by atoms with van der Waals surface area (Å²) in [6.07, 6.45) is 0. The molecule has 1 fully saturated rings. The van der Waals surface area contributed by atoms with Gasteiger partial charge in [0.15, 0.2) is 0 Å². The van der Waals surface area contributed by atoms with Gasteiger partial charge in [-0.15, -0.1) is 0 Å². The molecule has 152 valence electrons. The third-order valence-corrected chi connectivity index (χ3v) is 6.88. The van der Waals surface area contributed by atoms with Gasteiger partial charge in [0.25, 0.3) is 0 Å². The van der Waals surface area contributed by atoms with Gasteiger partial charge in [0.1, 0.15) is 0 Å². The van der Waals surface area contributed by atoms with E-state index in [1.54, 1.807) is 11.8 Å². The molecule has 0 aliphatic carbocycles. The van der Waals surface area contributed by atoms with E-state index >= 15 is 0 Å². The van der Waals surface area contributed by atoms with Gasteiger partial charge >= 0.3 is 0 Å². The maximum Gasteiger partial charge on any atom is 0.245 e. The number of fused-ring (bicyclic) bond motifs is 2. The van der Waals surface area contributed by atoms with Crippen LogP contribution in [0, 0.1) is 0 Å². The minimum absolute atomic E-state index is 0.145. The van der Waals surface area contributed by atoms with Crippen molar-refractivity contribution in [3.05, 3.63) is 84.4 Å². The van der Waals surface area contributed by atoms with E-state index in [1.807, 2.05) is 41.3 Å². The molecule has 5 rings (SSSR count). The van der Waals surface area contributed by atoms with Crippen molar-refractivity contribution in [2.45, 2.75) is 16.3 Å². The number of anilines is 2. The van der Waals surface area contributed by atoms with Crippen LogP contribution in [0.15, 0.2) is 88.7 Å². The molecule has 2 heterocycles. The van der Waals surface area contributed by atoms with E-state index in [9.17, 15) is 4.79 Å². The standard InChI is InChI=1S/C25H25N3OS/c29-25(19-27-16-14-26(15-17-27)18-20-8-2-1-3-9-20)28-21-10-4-6-12-23(21)30-24-13-7-5-11-22(24)28/h1-13H,14-19H2. The lowest BCUT2D eigenvalue weighted by atomic mass is 10.2. The number of hydrogen-bond acceptors (Lipinski definition) is 4. The van der Waals surface area contributed by atoms with Gasteiger partial charge in [-0.2, -0.15) is 0 Å². The number of carbonyl (C=O) groups is 1. The van der Waals surface area contributed by atoms with Gasteiger partial charge in [-0.3, -0.25) is 19.5 Å². The van der Waals surface area contributed by atoms with Crippen molar-refractivity contribution in [1.82, 2.24) is 9.80 Å². The Morgan fingerprint density at radius 1 is 0.700 bits per heavy atom. The molecule has 0 saturated carbocycles. The fourth-order valence-corrected chi connectivity index (χ4v) is 5.24. The van der Waals surface area contributed by atoms with E-state index < -0.39 is 0 Å². The minimum atomic E-state index is 0.145. The zero-order valence-corrected chi connectivity index (χ0v) is 17.7. The molecule has 0 spiro atoms. The fourth-order valence-electron chi connectivity index (χ4n) is 4.18. The molecule has 0 atom stereocenters. The Kier molecular flexibility index (Phi) is 5.58. The largest absolute Gasteiger partial charge is 0.297 e. The number of benzene rings is 3. The maximum absolute atomic E-state index is 13.4. The predicted molar refractivity (Wildman–Crippen MR) is 122 cm³/mol. The van der Waals surface area contributed by atoms with Crippen LogP contribution in [0.3, 0.4) is 0 Å². The molecule has 1 amide bonds. The van der Waals surface area contributed by atoms with E-state index in [0.717, 1.165) is 53.9 Å². The van der Waals surface area contributed by atoms with Crippen LogP contribution in [0.4, 0.5) is 11.4 Å². The zero-order chi connectivity index (χ0) is 20.3. The summed E-state index contributed by atoms with van der Waals surface area (Å²) >= 11 is 1.74. The molecule has 4 nitrogen and oxygen atoms in total. The average Bonchev–Trinajstić information content (AvgIpc) is 2.79. The van der Waals surface area contributed by atoms with Gasteiger partial charge in [0.2, 0.25) is 5.91 Å². The van der Waals surface area contributed by atoms with Crippen LogP contribution in [-0.2, 0) is 11.3 Å². The van der Waals surface area contributed by atoms with Crippen LogP contribution >= 0.6 is 11.8 Å². The lowest BCUT2D eigenvalue weighted by Crippen LogP contribution is -2.49. The maximum atomic E-state index is 13.4. The molecule has 0 radical (unpaired) electrons.